The van der Waals surface area contributed by atoms with Crippen molar-refractivity contribution in [2.24, 2.45) is 0 Å². The summed E-state index contributed by atoms with van der Waals surface area (Å²) in [6, 6.07) is 108. The molecule has 0 radical (unpaired) electrons. The van der Waals surface area contributed by atoms with Gasteiger partial charge in [0.05, 0.1) is 22.8 Å². The van der Waals surface area contributed by atoms with E-state index in [1.807, 2.05) is 54.6 Å². The number of benzene rings is 13. The third-order valence-electron chi connectivity index (χ3n) is 25.9. The lowest BCUT2D eigenvalue weighted by atomic mass is 9.32. The number of fused-ring (bicyclic) bond motifs is 6. The van der Waals surface area contributed by atoms with Crippen LogP contribution in [0.2, 0.25) is 0 Å². The Kier molecular flexibility index (Phi) is 26.2. The van der Waals surface area contributed by atoms with Gasteiger partial charge >= 0.3 is 0 Å². The third-order valence-corrected chi connectivity index (χ3v) is 27.0. The first kappa shape index (κ1) is 87.3. The fraction of sp³-hybridized carbons (Fsp3) is 0.246. The summed E-state index contributed by atoms with van der Waals surface area (Å²) in [5.41, 5.74) is 44.0. The van der Waals surface area contributed by atoms with E-state index in [1.54, 1.807) is 18.1 Å². The van der Waals surface area contributed by atoms with Crippen molar-refractivity contribution in [3.8, 4) is 45.0 Å². The van der Waals surface area contributed by atoms with Gasteiger partial charge in [0.1, 0.15) is 12.7 Å². The molecule has 0 spiro atoms. The molecule has 0 bridgehead atoms. The largest absolute Gasteiger partial charge is 0.312 e. The van der Waals surface area contributed by atoms with Crippen LogP contribution in [0.4, 0.5) is 34.1 Å². The second-order valence-corrected chi connectivity index (χ2v) is 39.0. The number of rotatable bonds is 18. The van der Waals surface area contributed by atoms with Crippen LogP contribution < -0.4 is 59.0 Å². The first-order valence-electron chi connectivity index (χ1n) is 45.3. The van der Waals surface area contributed by atoms with Gasteiger partial charge < -0.3 is 9.80 Å². The van der Waals surface area contributed by atoms with Crippen LogP contribution in [0.1, 0.15) is 241 Å². The van der Waals surface area contributed by atoms with Crippen molar-refractivity contribution in [3.05, 3.63) is 374 Å². The van der Waals surface area contributed by atoms with Crippen LogP contribution in [0.3, 0.4) is 0 Å². The number of para-hydroxylation sites is 4. The molecule has 2 aromatic heterocycles. The van der Waals surface area contributed by atoms with Gasteiger partial charge in [-0.05, 0) is 228 Å². The molecule has 0 atom stereocenters. The molecule has 15 aromatic rings. The summed E-state index contributed by atoms with van der Waals surface area (Å²) in [5, 5.41) is 0. The minimum absolute atomic E-state index is 0. The number of halogens is 2. The van der Waals surface area contributed by atoms with Gasteiger partial charge in [0.25, 0.3) is 0 Å². The Labute approximate surface area is 764 Å². The second-order valence-electron chi connectivity index (χ2n) is 37.2. The van der Waals surface area contributed by atoms with Gasteiger partial charge in [0.15, 0.2) is 0 Å². The van der Waals surface area contributed by atoms with Gasteiger partial charge in [-0.1, -0.05) is 390 Å². The zero-order valence-corrected chi connectivity index (χ0v) is 79.1. The van der Waals surface area contributed by atoms with Gasteiger partial charge in [-0.25, -0.2) is 19.9 Å². The molecule has 0 fully saturated rings. The van der Waals surface area contributed by atoms with Gasteiger partial charge in [-0.3, -0.25) is 0 Å². The molecule has 0 N–H and O–H groups in total. The SMILES string of the molecule is Brc1ccc(-c2cc(-c3ccc(Br)cc3)ncn2)cc1.CC(C)c1cc(C(C)C)c(B2c3ccccc3Cc3ccccc32)c(C(C)C)c1.CC(C)c1cc(C(C)C)c(B2c3ccccc3N(c3ccc(-c4cc(-c5ccc(N6c7ccccc7B(c7c(C(C)C)cc(C(C)C)cc7C(C)C)c7ccccc76)cc5)ncn4)cc3)c3ccccc32)c(C(C)C)c1.[2HH]. The number of hydrogen-bond donors (Lipinski definition) is 0. The summed E-state index contributed by atoms with van der Waals surface area (Å²) in [4.78, 5) is 23.3. The number of hydrogen-bond acceptors (Lipinski definition) is 6. The molecule has 0 amide bonds. The Morgan fingerprint density at radius 2 is 0.464 bits per heavy atom. The van der Waals surface area contributed by atoms with Crippen molar-refractivity contribution in [2.75, 3.05) is 9.80 Å². The van der Waals surface area contributed by atoms with Gasteiger partial charge in [-0.2, -0.15) is 0 Å². The van der Waals surface area contributed by atoms with Crippen molar-refractivity contribution < 1.29 is 1.43 Å². The maximum atomic E-state index is 4.84. The van der Waals surface area contributed by atoms with E-state index < -0.39 is 0 Å². The van der Waals surface area contributed by atoms with E-state index in [-0.39, 0.29) is 14.9 Å². The minimum Gasteiger partial charge on any atom is -0.312 e. The fourth-order valence-electron chi connectivity index (χ4n) is 19.3. The van der Waals surface area contributed by atoms with E-state index in [0.717, 1.165) is 71.8 Å². The first-order valence-corrected chi connectivity index (χ1v) is 46.9. The molecule has 125 heavy (non-hydrogen) atoms. The Hall–Kier alpha value is -11.2. The van der Waals surface area contributed by atoms with Crippen LogP contribution in [0.15, 0.2) is 313 Å². The molecule has 0 saturated heterocycles. The summed E-state index contributed by atoms with van der Waals surface area (Å²) < 4.78 is 2.12. The zero-order valence-electron chi connectivity index (χ0n) is 75.9. The molecule has 0 unspecified atom stereocenters. The molecular weight excluding hydrogens is 1650 g/mol. The molecule has 6 nitrogen and oxygen atoms in total. The van der Waals surface area contributed by atoms with Crippen LogP contribution >= 0.6 is 31.9 Å². The maximum Gasteiger partial charge on any atom is 0.247 e. The Balaban J connectivity index is 0.000000198. The topological polar surface area (TPSA) is 58.0 Å². The van der Waals surface area contributed by atoms with Crippen LogP contribution in [0.5, 0.6) is 0 Å². The Morgan fingerprint density at radius 3 is 0.704 bits per heavy atom. The predicted molar refractivity (Wildman–Crippen MR) is 548 cm³/mol. The standard InChI is InChI=1S/C70H72B2N4.C28H33B.C16H10Br2N2.H2/c1-43(2)51-37-55(45(5)6)69(56(38-51)46(7)8)71-59-21-13-17-25-65(59)75(66-26-18-14-22-60(66)71)53-33-29-49(30-34-53)63-41-64(74-42-73-63)50-31-35-54(36-32-50)76-67-27-19-15-23-61(67)72(62-24-16-20-28-68(62)76)70-57(47(9)10)39-52(44(3)4)40-58(70)48(11)12;1-18(2)23-16-24(19(3)4)28(25(17-23)20(5)6)29-26-13-9-7-11-21(26)15-22-12-8-10-14-27(22)29;17-13-5-1-11(2-6-13)15-9-16(20-10-19-15)12-3-7-14(18)8-4-12;/h13-48H,1-12H3;7-14,16-20H,15H2,1-6H3;1-10H;1H/i;;;1+1. The van der Waals surface area contributed by atoms with Gasteiger partial charge in [0.2, 0.25) is 20.1 Å². The molecule has 626 valence electrons. The predicted octanol–water partition coefficient (Wildman–Crippen LogP) is 26.2. The fourth-order valence-corrected chi connectivity index (χ4v) is 19.9. The van der Waals surface area contributed by atoms with E-state index in [9.17, 15) is 0 Å². The normalized spacial score (nSPS) is 12.7. The monoisotopic (exact) mass is 1760 g/mol. The summed E-state index contributed by atoms with van der Waals surface area (Å²) in [7, 11) is 0. The third kappa shape index (κ3) is 17.8. The highest BCUT2D eigenvalue weighted by molar-refractivity contribution is 9.10. The minimum atomic E-state index is 0. The number of nitrogens with zero attached hydrogens (tertiary/aromatic N) is 6. The highest BCUT2D eigenvalue weighted by atomic mass is 79.9. The lowest BCUT2D eigenvalue weighted by molar-refractivity contribution is 0.812. The van der Waals surface area contributed by atoms with Gasteiger partial charge in [-0.15, -0.1) is 0 Å². The van der Waals surface area contributed by atoms with E-state index >= 15 is 0 Å². The Bertz CT molecular complexity index is 5870. The maximum absolute atomic E-state index is 4.84. The first-order chi connectivity index (χ1) is 60.3. The van der Waals surface area contributed by atoms with E-state index in [1.165, 1.54) is 128 Å². The van der Waals surface area contributed by atoms with Crippen molar-refractivity contribution in [2.45, 2.75) is 184 Å². The summed E-state index contributed by atoms with van der Waals surface area (Å²) in [6.45, 7) is 42.7. The summed E-state index contributed by atoms with van der Waals surface area (Å²) in [6.07, 6.45) is 4.35. The number of anilines is 6. The highest BCUT2D eigenvalue weighted by Gasteiger charge is 2.42. The molecule has 0 saturated carbocycles. The molecule has 0 aliphatic carbocycles. The average molecular weight is 1760 g/mol. The van der Waals surface area contributed by atoms with Crippen LogP contribution in [0, 0.1) is 0 Å². The van der Waals surface area contributed by atoms with Crippen LogP contribution in [0.25, 0.3) is 45.0 Å². The van der Waals surface area contributed by atoms with Crippen molar-refractivity contribution in [1.82, 2.24) is 19.9 Å². The van der Waals surface area contributed by atoms with E-state index in [2.05, 4.69) is 413 Å². The second kappa shape index (κ2) is 37.5. The molecule has 5 heterocycles. The molecule has 11 heteroatoms. The average Bonchev–Trinajstić information content (AvgIpc) is 0.752. The van der Waals surface area contributed by atoms with Crippen LogP contribution in [-0.4, -0.2) is 40.1 Å². The summed E-state index contributed by atoms with van der Waals surface area (Å²) >= 11 is 6.88. The molecule has 18 rings (SSSR count). The van der Waals surface area contributed by atoms with Crippen molar-refractivity contribution in [3.63, 3.8) is 0 Å². The molecule has 3 aliphatic rings. The molecule has 13 aromatic carbocycles. The van der Waals surface area contributed by atoms with Crippen molar-refractivity contribution in [1.29, 1.82) is 0 Å². The summed E-state index contributed by atoms with van der Waals surface area (Å²) in [5.74, 6) is 4.02. The van der Waals surface area contributed by atoms with E-state index in [0.29, 0.717) is 60.0 Å². The number of aromatic nitrogens is 4. The molecule has 3 aliphatic heterocycles. The lowest BCUT2D eigenvalue weighted by Gasteiger charge is -2.38. The Morgan fingerprint density at radius 1 is 0.248 bits per heavy atom. The lowest BCUT2D eigenvalue weighted by Crippen LogP contribution is -2.59. The van der Waals surface area contributed by atoms with Crippen molar-refractivity contribution >= 4 is 135 Å². The highest BCUT2D eigenvalue weighted by Crippen LogP contribution is 2.42. The zero-order chi connectivity index (χ0) is 87.8. The smallest absolute Gasteiger partial charge is 0.247 e. The molecular formula is C114H117B3Br2N6. The van der Waals surface area contributed by atoms with Gasteiger partial charge in [0, 0.05) is 66.8 Å². The quantitative estimate of drug-likeness (QED) is 0.0798. The van der Waals surface area contributed by atoms with E-state index in [4.69, 9.17) is 9.97 Å². The van der Waals surface area contributed by atoms with Crippen LogP contribution in [-0.2, 0) is 6.42 Å².